The van der Waals surface area contributed by atoms with Crippen LogP contribution in [0.3, 0.4) is 0 Å². The largest absolute Gasteiger partial charge is 0.454 e. The molecule has 0 radical (unpaired) electrons. The highest BCUT2D eigenvalue weighted by molar-refractivity contribution is 6.52. The fraction of sp³-hybridized carbons (Fsp3) is 0.476. The molecule has 2 aliphatic heterocycles. The molecule has 10 heteroatoms. The Hall–Kier alpha value is -3.43. The lowest BCUT2D eigenvalue weighted by molar-refractivity contribution is -0.151. The number of rotatable bonds is 6. The van der Waals surface area contributed by atoms with Gasteiger partial charge in [-0.15, -0.1) is 0 Å². The molecular formula is C21H25N3O7. The van der Waals surface area contributed by atoms with E-state index in [1.165, 1.54) is 9.80 Å². The van der Waals surface area contributed by atoms with Gasteiger partial charge in [-0.3, -0.25) is 24.1 Å². The summed E-state index contributed by atoms with van der Waals surface area (Å²) in [5.41, 5.74) is 1.55. The minimum absolute atomic E-state index is 0.271. The standard InChI is InChI=1S/C21H25N3O7/c1-3-14-5-6-16-15(11-14)19(27)20(28)24(16)12-18(26)31-13-17(25)22-7-9-23(10-8-22)21(29)30-4-2/h5-6,11H,3-4,7-10,12-13H2,1-2H3. The number of Topliss-reactive ketones (excluding diaryl/α,β-unsaturated/α-hetero) is 1. The van der Waals surface area contributed by atoms with Gasteiger partial charge < -0.3 is 19.3 Å². The lowest BCUT2D eigenvalue weighted by Crippen LogP contribution is -2.51. The van der Waals surface area contributed by atoms with Crippen LogP contribution in [0.5, 0.6) is 0 Å². The second-order valence-corrected chi connectivity index (χ2v) is 7.15. The molecule has 0 N–H and O–H groups in total. The van der Waals surface area contributed by atoms with Crippen molar-refractivity contribution in [1.82, 2.24) is 9.80 Å². The summed E-state index contributed by atoms with van der Waals surface area (Å²) in [5, 5.41) is 0. The molecule has 3 rings (SSSR count). The fourth-order valence-electron chi connectivity index (χ4n) is 3.49. The lowest BCUT2D eigenvalue weighted by atomic mass is 10.1. The maximum Gasteiger partial charge on any atom is 0.409 e. The van der Waals surface area contributed by atoms with E-state index in [2.05, 4.69) is 0 Å². The van der Waals surface area contributed by atoms with Gasteiger partial charge in [-0.05, 0) is 31.0 Å². The number of fused-ring (bicyclic) bond motifs is 1. The zero-order chi connectivity index (χ0) is 22.5. The molecule has 0 unspecified atom stereocenters. The number of aryl methyl sites for hydroxylation is 1. The van der Waals surface area contributed by atoms with Crippen LogP contribution in [-0.4, -0.2) is 85.4 Å². The van der Waals surface area contributed by atoms with Gasteiger partial charge in [-0.1, -0.05) is 13.0 Å². The van der Waals surface area contributed by atoms with Gasteiger partial charge in [0.25, 0.3) is 17.6 Å². The van der Waals surface area contributed by atoms with Crippen LogP contribution in [0.1, 0.15) is 29.8 Å². The molecule has 2 heterocycles. The number of hydrogen-bond donors (Lipinski definition) is 0. The zero-order valence-electron chi connectivity index (χ0n) is 17.6. The van der Waals surface area contributed by atoms with Crippen molar-refractivity contribution >= 4 is 35.3 Å². The van der Waals surface area contributed by atoms with Gasteiger partial charge in [-0.25, -0.2) is 4.79 Å². The molecule has 0 aromatic heterocycles. The summed E-state index contributed by atoms with van der Waals surface area (Å²) in [6.45, 7) is 4.29. The third kappa shape index (κ3) is 4.84. The van der Waals surface area contributed by atoms with Gasteiger partial charge in [0.05, 0.1) is 17.9 Å². The van der Waals surface area contributed by atoms with Crippen LogP contribution in [0.2, 0.25) is 0 Å². The zero-order valence-corrected chi connectivity index (χ0v) is 17.6. The maximum absolute atomic E-state index is 12.3. The summed E-state index contributed by atoms with van der Waals surface area (Å²) in [6.07, 6.45) is 0.296. The van der Waals surface area contributed by atoms with Crippen molar-refractivity contribution in [3.8, 4) is 0 Å². The lowest BCUT2D eigenvalue weighted by Gasteiger charge is -2.33. The molecule has 1 saturated heterocycles. The van der Waals surface area contributed by atoms with Gasteiger partial charge in [0.15, 0.2) is 6.61 Å². The summed E-state index contributed by atoms with van der Waals surface area (Å²) >= 11 is 0. The van der Waals surface area contributed by atoms with Gasteiger partial charge >= 0.3 is 12.1 Å². The average molecular weight is 431 g/mol. The van der Waals surface area contributed by atoms with Crippen molar-refractivity contribution in [2.24, 2.45) is 0 Å². The van der Waals surface area contributed by atoms with Gasteiger partial charge in [0.1, 0.15) is 6.54 Å². The maximum atomic E-state index is 12.3. The number of ketones is 1. The highest BCUT2D eigenvalue weighted by Gasteiger charge is 2.37. The van der Waals surface area contributed by atoms with E-state index in [4.69, 9.17) is 9.47 Å². The quantitative estimate of drug-likeness (QED) is 0.479. The highest BCUT2D eigenvalue weighted by Crippen LogP contribution is 2.29. The van der Waals surface area contributed by atoms with Crippen LogP contribution in [0, 0.1) is 0 Å². The third-order valence-electron chi connectivity index (χ3n) is 5.25. The molecule has 2 aliphatic rings. The molecular weight excluding hydrogens is 406 g/mol. The Kier molecular flexibility index (Phi) is 6.88. The number of hydrogen-bond acceptors (Lipinski definition) is 7. The van der Waals surface area contributed by atoms with E-state index >= 15 is 0 Å². The Morgan fingerprint density at radius 3 is 2.29 bits per heavy atom. The minimum Gasteiger partial charge on any atom is -0.454 e. The molecule has 10 nitrogen and oxygen atoms in total. The summed E-state index contributed by atoms with van der Waals surface area (Å²) in [4.78, 5) is 64.8. The molecule has 31 heavy (non-hydrogen) atoms. The van der Waals surface area contributed by atoms with Crippen LogP contribution < -0.4 is 4.90 Å². The first kappa shape index (κ1) is 22.3. The summed E-state index contributed by atoms with van der Waals surface area (Å²) < 4.78 is 9.97. The molecule has 166 valence electrons. The Labute approximate surface area is 179 Å². The van der Waals surface area contributed by atoms with Gasteiger partial charge in [-0.2, -0.15) is 0 Å². The Balaban J connectivity index is 1.50. The predicted octanol–water partition coefficient (Wildman–Crippen LogP) is 0.622. The molecule has 1 aromatic rings. The number of ether oxygens (including phenoxy) is 2. The van der Waals surface area contributed by atoms with E-state index in [1.54, 1.807) is 25.1 Å². The minimum atomic E-state index is -0.790. The van der Waals surface area contributed by atoms with Gasteiger partial charge in [0, 0.05) is 26.2 Å². The monoisotopic (exact) mass is 431 g/mol. The Morgan fingerprint density at radius 2 is 1.65 bits per heavy atom. The molecule has 1 aromatic carbocycles. The third-order valence-corrected chi connectivity index (χ3v) is 5.25. The highest BCUT2D eigenvalue weighted by atomic mass is 16.6. The summed E-state index contributed by atoms with van der Waals surface area (Å²) in [7, 11) is 0. The number of nitrogens with zero attached hydrogens (tertiary/aromatic N) is 3. The van der Waals surface area contributed by atoms with Crippen molar-refractivity contribution in [3.63, 3.8) is 0 Å². The Bertz CT molecular complexity index is 906. The first-order valence-electron chi connectivity index (χ1n) is 10.2. The van der Waals surface area contributed by atoms with Gasteiger partial charge in [0.2, 0.25) is 0 Å². The van der Waals surface area contributed by atoms with Crippen LogP contribution in [0.4, 0.5) is 10.5 Å². The second-order valence-electron chi connectivity index (χ2n) is 7.15. The number of carbonyl (C=O) groups excluding carboxylic acids is 5. The van der Waals surface area contributed by atoms with Crippen molar-refractivity contribution in [3.05, 3.63) is 29.3 Å². The van der Waals surface area contributed by atoms with Crippen molar-refractivity contribution in [1.29, 1.82) is 0 Å². The first-order chi connectivity index (χ1) is 14.8. The van der Waals surface area contributed by atoms with E-state index in [-0.39, 0.29) is 12.2 Å². The molecule has 0 atom stereocenters. The molecule has 1 fully saturated rings. The normalized spacial score (nSPS) is 15.7. The molecule has 0 spiro atoms. The van der Waals surface area contributed by atoms with E-state index in [1.807, 2.05) is 6.92 Å². The topological polar surface area (TPSA) is 114 Å². The second kappa shape index (κ2) is 9.59. The number of carbonyl (C=O) groups is 5. The van der Waals surface area contributed by atoms with E-state index in [0.29, 0.717) is 38.3 Å². The van der Waals surface area contributed by atoms with Crippen LogP contribution in [0.15, 0.2) is 18.2 Å². The van der Waals surface area contributed by atoms with E-state index < -0.39 is 42.8 Å². The fourth-order valence-corrected chi connectivity index (χ4v) is 3.49. The number of piperazine rings is 1. The van der Waals surface area contributed by atoms with Crippen molar-refractivity contribution in [2.45, 2.75) is 20.3 Å². The number of amides is 3. The predicted molar refractivity (Wildman–Crippen MR) is 109 cm³/mol. The van der Waals surface area contributed by atoms with E-state index in [0.717, 1.165) is 10.5 Å². The SMILES string of the molecule is CCOC(=O)N1CCN(C(=O)COC(=O)CN2C(=O)C(=O)c3cc(CC)ccc32)CC1. The van der Waals surface area contributed by atoms with Crippen molar-refractivity contribution in [2.75, 3.05) is 50.8 Å². The summed E-state index contributed by atoms with van der Waals surface area (Å²) in [6, 6.07) is 5.08. The first-order valence-corrected chi connectivity index (χ1v) is 10.2. The molecule has 0 aliphatic carbocycles. The summed E-state index contributed by atoms with van der Waals surface area (Å²) in [5.74, 6) is -2.63. The number of anilines is 1. The molecule has 3 amide bonds. The number of esters is 1. The number of benzene rings is 1. The molecule has 0 saturated carbocycles. The van der Waals surface area contributed by atoms with Crippen LogP contribution >= 0.6 is 0 Å². The van der Waals surface area contributed by atoms with Crippen molar-refractivity contribution < 1.29 is 33.4 Å². The smallest absolute Gasteiger partial charge is 0.409 e. The molecule has 0 bridgehead atoms. The average Bonchev–Trinajstić information content (AvgIpc) is 3.02. The van der Waals surface area contributed by atoms with Crippen LogP contribution in [0.25, 0.3) is 0 Å². The Morgan fingerprint density at radius 1 is 0.968 bits per heavy atom. The van der Waals surface area contributed by atoms with E-state index in [9.17, 15) is 24.0 Å². The van der Waals surface area contributed by atoms with Crippen LogP contribution in [-0.2, 0) is 30.3 Å².